The zero-order valence-electron chi connectivity index (χ0n) is 11.8. The maximum atomic E-state index is 5.54. The third kappa shape index (κ3) is 8.35. The van der Waals surface area contributed by atoms with Gasteiger partial charge in [0.25, 0.3) is 0 Å². The van der Waals surface area contributed by atoms with Gasteiger partial charge in [-0.3, -0.25) is 0 Å². The summed E-state index contributed by atoms with van der Waals surface area (Å²) in [7, 11) is 0. The van der Waals surface area contributed by atoms with Crippen molar-refractivity contribution >= 4 is 0 Å². The zero-order valence-corrected chi connectivity index (χ0v) is 11.8. The summed E-state index contributed by atoms with van der Waals surface area (Å²) in [6.07, 6.45) is 13.9. The third-order valence-electron chi connectivity index (χ3n) is 3.22. The fourth-order valence-corrected chi connectivity index (χ4v) is 2.08. The first-order valence-corrected chi connectivity index (χ1v) is 7.53. The molecule has 0 atom stereocenters. The molecule has 0 aromatic carbocycles. The lowest BCUT2D eigenvalue weighted by atomic mass is 10.1. The van der Waals surface area contributed by atoms with Gasteiger partial charge < -0.3 is 9.15 Å². The molecule has 0 saturated carbocycles. The molecule has 2 nitrogen and oxygen atoms in total. The summed E-state index contributed by atoms with van der Waals surface area (Å²) < 4.78 is 10.7. The van der Waals surface area contributed by atoms with Crippen molar-refractivity contribution in [3.05, 3.63) is 24.2 Å². The molecule has 0 saturated heterocycles. The maximum absolute atomic E-state index is 5.54. The highest BCUT2D eigenvalue weighted by molar-refractivity contribution is 4.95. The smallest absolute Gasteiger partial charge is 0.129 e. The molecule has 1 heterocycles. The number of hydrogen-bond donors (Lipinski definition) is 0. The number of furan rings is 1. The van der Waals surface area contributed by atoms with Gasteiger partial charge in [0.1, 0.15) is 12.4 Å². The second-order valence-electron chi connectivity index (χ2n) is 4.96. The Labute approximate surface area is 112 Å². The van der Waals surface area contributed by atoms with Crippen molar-refractivity contribution < 1.29 is 9.15 Å². The van der Waals surface area contributed by atoms with Crippen molar-refractivity contribution in [3.63, 3.8) is 0 Å². The molecule has 0 unspecified atom stereocenters. The van der Waals surface area contributed by atoms with Crippen LogP contribution in [0.15, 0.2) is 22.8 Å². The van der Waals surface area contributed by atoms with E-state index in [1.165, 1.54) is 57.8 Å². The van der Waals surface area contributed by atoms with Gasteiger partial charge in [-0.05, 0) is 18.6 Å². The first-order chi connectivity index (χ1) is 8.93. The molecule has 0 aliphatic heterocycles. The molecule has 0 spiro atoms. The molecule has 0 amide bonds. The zero-order chi connectivity index (χ0) is 12.9. The van der Waals surface area contributed by atoms with Crippen LogP contribution in [0.2, 0.25) is 0 Å². The second kappa shape index (κ2) is 11.3. The first-order valence-electron chi connectivity index (χ1n) is 7.53. The summed E-state index contributed by atoms with van der Waals surface area (Å²) in [4.78, 5) is 0. The summed E-state index contributed by atoms with van der Waals surface area (Å²) >= 11 is 0. The molecule has 0 aliphatic rings. The van der Waals surface area contributed by atoms with E-state index in [4.69, 9.17) is 9.15 Å². The minimum atomic E-state index is 0.615. The van der Waals surface area contributed by atoms with Gasteiger partial charge in [0, 0.05) is 6.61 Å². The number of ether oxygens (including phenoxy) is 1. The van der Waals surface area contributed by atoms with Gasteiger partial charge in [0.2, 0.25) is 0 Å². The molecular formula is C16H28O2. The van der Waals surface area contributed by atoms with E-state index in [1.807, 2.05) is 12.1 Å². The molecule has 2 heteroatoms. The van der Waals surface area contributed by atoms with Crippen molar-refractivity contribution in [3.8, 4) is 0 Å². The summed E-state index contributed by atoms with van der Waals surface area (Å²) in [6.45, 7) is 3.74. The van der Waals surface area contributed by atoms with E-state index in [9.17, 15) is 0 Å². The predicted molar refractivity (Wildman–Crippen MR) is 75.6 cm³/mol. The lowest BCUT2D eigenvalue weighted by Gasteiger charge is -2.03. The van der Waals surface area contributed by atoms with E-state index < -0.39 is 0 Å². The van der Waals surface area contributed by atoms with Gasteiger partial charge >= 0.3 is 0 Å². The SMILES string of the molecule is CCCCCCCCCCCOCc1ccco1. The van der Waals surface area contributed by atoms with Gasteiger partial charge in [0.05, 0.1) is 6.26 Å². The Morgan fingerprint density at radius 2 is 1.61 bits per heavy atom. The Kier molecular flexibility index (Phi) is 9.64. The largest absolute Gasteiger partial charge is 0.467 e. The van der Waals surface area contributed by atoms with Gasteiger partial charge in [-0.2, -0.15) is 0 Å². The van der Waals surface area contributed by atoms with E-state index in [-0.39, 0.29) is 0 Å². The monoisotopic (exact) mass is 252 g/mol. The van der Waals surface area contributed by atoms with Crippen LogP contribution < -0.4 is 0 Å². The Balaban J connectivity index is 1.73. The van der Waals surface area contributed by atoms with E-state index in [0.29, 0.717) is 6.61 Å². The summed E-state index contributed by atoms with van der Waals surface area (Å²) in [5.74, 6) is 0.922. The van der Waals surface area contributed by atoms with Crippen molar-refractivity contribution in [1.29, 1.82) is 0 Å². The fraction of sp³-hybridized carbons (Fsp3) is 0.750. The van der Waals surface area contributed by atoms with Crippen LogP contribution in [-0.4, -0.2) is 6.61 Å². The molecule has 1 aromatic rings. The van der Waals surface area contributed by atoms with Crippen molar-refractivity contribution in [2.45, 2.75) is 71.3 Å². The molecule has 0 N–H and O–H groups in total. The third-order valence-corrected chi connectivity index (χ3v) is 3.22. The number of hydrogen-bond acceptors (Lipinski definition) is 2. The Morgan fingerprint density at radius 3 is 2.22 bits per heavy atom. The van der Waals surface area contributed by atoms with Crippen molar-refractivity contribution in [2.75, 3.05) is 6.61 Å². The fourth-order valence-electron chi connectivity index (χ4n) is 2.08. The molecule has 0 radical (unpaired) electrons. The Morgan fingerprint density at radius 1 is 0.944 bits per heavy atom. The second-order valence-corrected chi connectivity index (χ2v) is 4.96. The molecule has 104 valence electrons. The van der Waals surface area contributed by atoms with Crippen molar-refractivity contribution in [2.24, 2.45) is 0 Å². The van der Waals surface area contributed by atoms with Gasteiger partial charge in [0.15, 0.2) is 0 Å². The molecule has 0 bridgehead atoms. The van der Waals surface area contributed by atoms with Crippen LogP contribution >= 0.6 is 0 Å². The standard InChI is InChI=1S/C16H28O2/c1-2-3-4-5-6-7-8-9-10-13-17-15-16-12-11-14-18-16/h11-12,14H,2-10,13,15H2,1H3. The van der Waals surface area contributed by atoms with E-state index in [2.05, 4.69) is 6.92 Å². The summed E-state index contributed by atoms with van der Waals surface area (Å²) in [5, 5.41) is 0. The van der Waals surface area contributed by atoms with Crippen LogP contribution in [-0.2, 0) is 11.3 Å². The van der Waals surface area contributed by atoms with Crippen LogP contribution in [0.5, 0.6) is 0 Å². The lowest BCUT2D eigenvalue weighted by Crippen LogP contribution is -1.94. The molecule has 0 aliphatic carbocycles. The normalized spacial score (nSPS) is 10.9. The lowest BCUT2D eigenvalue weighted by molar-refractivity contribution is 0.102. The molecule has 0 fully saturated rings. The number of rotatable bonds is 12. The molecular weight excluding hydrogens is 224 g/mol. The highest BCUT2D eigenvalue weighted by Gasteiger charge is 1.95. The van der Waals surface area contributed by atoms with Gasteiger partial charge in [-0.25, -0.2) is 0 Å². The van der Waals surface area contributed by atoms with Gasteiger partial charge in [-0.1, -0.05) is 58.3 Å². The van der Waals surface area contributed by atoms with Crippen LogP contribution in [0.25, 0.3) is 0 Å². The molecule has 1 rings (SSSR count). The summed E-state index contributed by atoms with van der Waals surface area (Å²) in [6, 6.07) is 3.85. The maximum Gasteiger partial charge on any atom is 0.129 e. The first kappa shape index (κ1) is 15.3. The average molecular weight is 252 g/mol. The quantitative estimate of drug-likeness (QED) is 0.469. The van der Waals surface area contributed by atoms with E-state index in [0.717, 1.165) is 12.4 Å². The van der Waals surface area contributed by atoms with Crippen molar-refractivity contribution in [1.82, 2.24) is 0 Å². The Hall–Kier alpha value is -0.760. The molecule has 18 heavy (non-hydrogen) atoms. The highest BCUT2D eigenvalue weighted by Crippen LogP contribution is 2.10. The minimum Gasteiger partial charge on any atom is -0.467 e. The summed E-state index contributed by atoms with van der Waals surface area (Å²) in [5.41, 5.74) is 0. The topological polar surface area (TPSA) is 22.4 Å². The van der Waals surface area contributed by atoms with Crippen LogP contribution in [0.1, 0.15) is 70.5 Å². The van der Waals surface area contributed by atoms with E-state index >= 15 is 0 Å². The van der Waals surface area contributed by atoms with Crippen LogP contribution in [0.3, 0.4) is 0 Å². The highest BCUT2D eigenvalue weighted by atomic mass is 16.5. The van der Waals surface area contributed by atoms with E-state index in [1.54, 1.807) is 6.26 Å². The van der Waals surface area contributed by atoms with Crippen LogP contribution in [0, 0.1) is 0 Å². The predicted octanol–water partition coefficient (Wildman–Crippen LogP) is 5.33. The minimum absolute atomic E-state index is 0.615. The Bertz CT molecular complexity index is 254. The van der Waals surface area contributed by atoms with Crippen LogP contribution in [0.4, 0.5) is 0 Å². The number of unbranched alkanes of at least 4 members (excludes halogenated alkanes) is 8. The molecule has 1 aromatic heterocycles. The average Bonchev–Trinajstić information content (AvgIpc) is 2.89. The van der Waals surface area contributed by atoms with Gasteiger partial charge in [-0.15, -0.1) is 0 Å².